The first-order valence-corrected chi connectivity index (χ1v) is 15.1. The van der Waals surface area contributed by atoms with Crippen LogP contribution in [0.2, 0.25) is 15.1 Å². The molecule has 2 fully saturated rings. The molecule has 2 saturated heterocycles. The third kappa shape index (κ3) is 4.71. The zero-order valence-corrected chi connectivity index (χ0v) is 24.6. The Bertz CT molecular complexity index is 1620. The van der Waals surface area contributed by atoms with Gasteiger partial charge in [0, 0.05) is 69.3 Å². The van der Waals surface area contributed by atoms with Gasteiger partial charge in [-0.15, -0.1) is 0 Å². The molecule has 2 amide bonds. The molecule has 1 aromatic heterocycles. The molecule has 0 saturated carbocycles. The summed E-state index contributed by atoms with van der Waals surface area (Å²) in [7, 11) is 0. The fourth-order valence-electron chi connectivity index (χ4n) is 6.88. The molecule has 0 spiro atoms. The van der Waals surface area contributed by atoms with E-state index in [0.29, 0.717) is 28.0 Å². The Morgan fingerprint density at radius 1 is 0.854 bits per heavy atom. The number of para-hydroxylation sites is 1. The van der Waals surface area contributed by atoms with E-state index in [1.165, 1.54) is 0 Å². The Morgan fingerprint density at radius 3 is 2.29 bits per heavy atom. The number of nitrogens with one attached hydrogen (secondary N) is 1. The van der Waals surface area contributed by atoms with Crippen molar-refractivity contribution in [3.63, 3.8) is 0 Å². The summed E-state index contributed by atoms with van der Waals surface area (Å²) < 4.78 is 0. The van der Waals surface area contributed by atoms with E-state index in [9.17, 15) is 9.59 Å². The summed E-state index contributed by atoms with van der Waals surface area (Å²) in [5, 5.41) is 3.07. The van der Waals surface area contributed by atoms with Gasteiger partial charge in [-0.05, 0) is 54.3 Å². The number of aromatic amines is 1. The van der Waals surface area contributed by atoms with Crippen molar-refractivity contribution < 1.29 is 9.59 Å². The molecule has 3 aliphatic rings. The number of nitrogens with zero attached hydrogens (tertiary/aromatic N) is 3. The number of rotatable bonds is 4. The lowest BCUT2D eigenvalue weighted by molar-refractivity contribution is -0.161. The number of fused-ring (bicyclic) bond motifs is 4. The molecule has 7 rings (SSSR count). The number of halogens is 3. The summed E-state index contributed by atoms with van der Waals surface area (Å²) in [5.74, 6) is 0.0104. The average molecular weight is 608 g/mol. The van der Waals surface area contributed by atoms with E-state index in [1.54, 1.807) is 0 Å². The van der Waals surface area contributed by atoms with Gasteiger partial charge in [0.15, 0.2) is 0 Å². The fourth-order valence-corrected chi connectivity index (χ4v) is 7.53. The highest BCUT2D eigenvalue weighted by atomic mass is 35.5. The van der Waals surface area contributed by atoms with Crippen LogP contribution in [0.25, 0.3) is 10.9 Å². The number of aromatic nitrogens is 1. The number of piperazine rings is 1. The lowest BCUT2D eigenvalue weighted by atomic mass is 9.85. The predicted molar refractivity (Wildman–Crippen MR) is 162 cm³/mol. The van der Waals surface area contributed by atoms with E-state index in [1.807, 2.05) is 70.5 Å². The molecule has 0 unspecified atom stereocenters. The molecular weight excluding hydrogens is 579 g/mol. The van der Waals surface area contributed by atoms with Crippen LogP contribution in [0.3, 0.4) is 0 Å². The Labute approximate surface area is 253 Å². The minimum atomic E-state index is -0.552. The monoisotopic (exact) mass is 606 g/mol. The van der Waals surface area contributed by atoms with E-state index in [0.717, 1.165) is 59.2 Å². The molecular formula is C32H29Cl3N4O2. The van der Waals surface area contributed by atoms with Crippen LogP contribution >= 0.6 is 34.8 Å². The number of carbonyl (C=O) groups is 2. The summed E-state index contributed by atoms with van der Waals surface area (Å²) in [4.78, 5) is 37.7. The number of H-pyrrole nitrogens is 1. The summed E-state index contributed by atoms with van der Waals surface area (Å²) in [6.45, 7) is 2.37. The van der Waals surface area contributed by atoms with Gasteiger partial charge in [0.05, 0.1) is 6.04 Å². The molecule has 210 valence electrons. The average Bonchev–Trinajstić information content (AvgIpc) is 3.35. The third-order valence-corrected chi connectivity index (χ3v) is 9.88. The van der Waals surface area contributed by atoms with Gasteiger partial charge < -0.3 is 14.8 Å². The number of benzene rings is 3. The van der Waals surface area contributed by atoms with Gasteiger partial charge in [-0.3, -0.25) is 14.5 Å². The van der Waals surface area contributed by atoms with Crippen molar-refractivity contribution in [2.24, 2.45) is 0 Å². The van der Waals surface area contributed by atoms with E-state index >= 15 is 0 Å². The van der Waals surface area contributed by atoms with Crippen LogP contribution in [0.15, 0.2) is 66.7 Å². The van der Waals surface area contributed by atoms with Crippen LogP contribution in [0.4, 0.5) is 0 Å². The molecule has 9 heteroatoms. The maximum atomic E-state index is 14.2. The van der Waals surface area contributed by atoms with Gasteiger partial charge in [0.2, 0.25) is 11.8 Å². The van der Waals surface area contributed by atoms with E-state index in [-0.39, 0.29) is 30.4 Å². The van der Waals surface area contributed by atoms with Crippen LogP contribution in [0.1, 0.15) is 41.3 Å². The highest BCUT2D eigenvalue weighted by molar-refractivity contribution is 6.36. The predicted octanol–water partition coefficient (Wildman–Crippen LogP) is 6.48. The van der Waals surface area contributed by atoms with Crippen LogP contribution in [0.5, 0.6) is 0 Å². The van der Waals surface area contributed by atoms with Crippen molar-refractivity contribution in [3.05, 3.63) is 104 Å². The maximum Gasteiger partial charge on any atom is 0.246 e. The van der Waals surface area contributed by atoms with Crippen LogP contribution < -0.4 is 0 Å². The first kappa shape index (κ1) is 26.8. The van der Waals surface area contributed by atoms with E-state index in [4.69, 9.17) is 34.8 Å². The van der Waals surface area contributed by atoms with Gasteiger partial charge in [-0.25, -0.2) is 0 Å². The van der Waals surface area contributed by atoms with Crippen LogP contribution in [-0.2, 0) is 22.6 Å². The van der Waals surface area contributed by atoms with Crippen molar-refractivity contribution >= 4 is 57.5 Å². The molecule has 0 aliphatic carbocycles. The molecule has 2 atom stereocenters. The van der Waals surface area contributed by atoms with E-state index in [2.05, 4.69) is 16.0 Å². The normalized spacial score (nSPS) is 21.8. The quantitative estimate of drug-likeness (QED) is 0.289. The number of hydrogen-bond acceptors (Lipinski definition) is 3. The minimum absolute atomic E-state index is 0.0184. The zero-order chi connectivity index (χ0) is 28.2. The molecule has 1 N–H and O–H groups in total. The number of piperidine rings is 1. The number of likely N-dealkylation sites (tertiary alicyclic amines) is 1. The SMILES string of the molecule is O=C1[C@H]2Cc3c([nH]c4ccccc34)[C@H](c3ccc(Cl)cc3)N2C(=O)CN1C1CCN(Cc2c(Cl)cccc2Cl)CC1. The standard InChI is InChI=1S/C32H29Cl3N4O2/c33-20-10-8-19(9-11-20)31-30-23(22-4-1-2-7-27(22)36-30)16-28-32(41)38(18-29(40)39(28)31)21-12-14-37(15-13-21)17-24-25(34)5-3-6-26(24)35/h1-11,21,28,31,36H,12-18H2/t28-,31+/m1/s1. The summed E-state index contributed by atoms with van der Waals surface area (Å²) in [6.07, 6.45) is 2.09. The van der Waals surface area contributed by atoms with Crippen LogP contribution in [0, 0.1) is 0 Å². The van der Waals surface area contributed by atoms with Gasteiger partial charge in [0.25, 0.3) is 0 Å². The topological polar surface area (TPSA) is 59.7 Å². The van der Waals surface area contributed by atoms with Crippen LogP contribution in [-0.4, -0.2) is 63.2 Å². The smallest absolute Gasteiger partial charge is 0.246 e. The van der Waals surface area contributed by atoms with E-state index < -0.39 is 6.04 Å². The summed E-state index contributed by atoms with van der Waals surface area (Å²) in [6, 6.07) is 20.4. The van der Waals surface area contributed by atoms with Crippen molar-refractivity contribution in [1.82, 2.24) is 19.7 Å². The molecule has 0 radical (unpaired) electrons. The summed E-state index contributed by atoms with van der Waals surface area (Å²) in [5.41, 5.74) is 4.97. The molecule has 3 aromatic carbocycles. The summed E-state index contributed by atoms with van der Waals surface area (Å²) >= 11 is 19.0. The molecule has 6 nitrogen and oxygen atoms in total. The maximum absolute atomic E-state index is 14.2. The lowest BCUT2D eigenvalue weighted by Gasteiger charge is -2.49. The molecule has 41 heavy (non-hydrogen) atoms. The minimum Gasteiger partial charge on any atom is -0.356 e. The Kier molecular flexibility index (Phi) is 6.98. The second kappa shape index (κ2) is 10.7. The van der Waals surface area contributed by atoms with Gasteiger partial charge in [0.1, 0.15) is 12.6 Å². The lowest BCUT2D eigenvalue weighted by Crippen LogP contribution is -2.65. The number of amides is 2. The van der Waals surface area contributed by atoms with Crippen molar-refractivity contribution in [2.75, 3.05) is 19.6 Å². The van der Waals surface area contributed by atoms with Gasteiger partial charge in [-0.2, -0.15) is 0 Å². The highest BCUT2D eigenvalue weighted by Crippen LogP contribution is 2.43. The first-order valence-electron chi connectivity index (χ1n) is 14.0. The second-order valence-corrected chi connectivity index (χ2v) is 12.5. The Balaban J connectivity index is 1.16. The Hall–Kier alpha value is -3.03. The first-order chi connectivity index (χ1) is 19.9. The highest BCUT2D eigenvalue weighted by Gasteiger charge is 2.49. The molecule has 4 heterocycles. The molecule has 3 aliphatic heterocycles. The van der Waals surface area contributed by atoms with Gasteiger partial charge in [-0.1, -0.05) is 71.2 Å². The molecule has 0 bridgehead atoms. The largest absolute Gasteiger partial charge is 0.356 e. The number of hydrogen-bond donors (Lipinski definition) is 1. The van der Waals surface area contributed by atoms with Crippen molar-refractivity contribution in [3.8, 4) is 0 Å². The third-order valence-electron chi connectivity index (χ3n) is 8.92. The second-order valence-electron chi connectivity index (χ2n) is 11.2. The fraction of sp³-hybridized carbons (Fsp3) is 0.312. The molecule has 4 aromatic rings. The zero-order valence-electron chi connectivity index (χ0n) is 22.3. The number of carbonyl (C=O) groups excluding carboxylic acids is 2. The van der Waals surface area contributed by atoms with Crippen molar-refractivity contribution in [1.29, 1.82) is 0 Å². The Morgan fingerprint density at radius 2 is 1.56 bits per heavy atom. The van der Waals surface area contributed by atoms with Gasteiger partial charge >= 0.3 is 0 Å². The van der Waals surface area contributed by atoms with Crippen molar-refractivity contribution in [2.45, 2.75) is 43.9 Å².